The monoisotopic (exact) mass is 496 g/mol. The van der Waals surface area contributed by atoms with Gasteiger partial charge in [-0.25, -0.2) is 0 Å². The van der Waals surface area contributed by atoms with Crippen LogP contribution in [0.3, 0.4) is 0 Å². The lowest BCUT2D eigenvalue weighted by atomic mass is 9.48. The van der Waals surface area contributed by atoms with Gasteiger partial charge >= 0.3 is 0 Å². The lowest BCUT2D eigenvalue weighted by Crippen LogP contribution is -2.57. The maximum atomic E-state index is 14.0. The Morgan fingerprint density at radius 2 is 1.57 bits per heavy atom. The van der Waals surface area contributed by atoms with Crippen LogP contribution < -0.4 is 5.32 Å². The van der Waals surface area contributed by atoms with E-state index in [1.807, 2.05) is 36.4 Å². The van der Waals surface area contributed by atoms with Crippen LogP contribution in [0.2, 0.25) is 0 Å². The molecule has 1 N–H and O–H groups in total. The first kappa shape index (κ1) is 24.6. The molecule has 4 nitrogen and oxygen atoms in total. The van der Waals surface area contributed by atoms with E-state index in [1.165, 1.54) is 5.71 Å². The molecule has 3 saturated carbocycles. The van der Waals surface area contributed by atoms with Gasteiger partial charge < -0.3 is 5.32 Å². The number of carbonyl (C=O) groups is 2. The number of amides is 1. The fraction of sp³-hybridized carbons (Fsp3) is 0.545. The van der Waals surface area contributed by atoms with Crippen LogP contribution in [0.1, 0.15) is 76.5 Å². The molecule has 3 aliphatic carbocycles. The van der Waals surface area contributed by atoms with Crippen LogP contribution in [0.5, 0.6) is 0 Å². The summed E-state index contributed by atoms with van der Waals surface area (Å²) in [6, 6.07) is 20.5. The van der Waals surface area contributed by atoms with Crippen LogP contribution >= 0.6 is 0 Å². The van der Waals surface area contributed by atoms with Crippen molar-refractivity contribution in [2.45, 2.75) is 65.3 Å². The predicted molar refractivity (Wildman–Crippen MR) is 147 cm³/mol. The zero-order valence-corrected chi connectivity index (χ0v) is 22.5. The average Bonchev–Trinajstić information content (AvgIpc) is 3.28. The van der Waals surface area contributed by atoms with Crippen molar-refractivity contribution in [3.8, 4) is 0 Å². The summed E-state index contributed by atoms with van der Waals surface area (Å²) in [5.74, 6) is 2.18. The Morgan fingerprint density at radius 1 is 0.919 bits per heavy atom. The van der Waals surface area contributed by atoms with Crippen LogP contribution in [0.4, 0.5) is 0 Å². The summed E-state index contributed by atoms with van der Waals surface area (Å²) in [7, 11) is 0. The van der Waals surface area contributed by atoms with Crippen molar-refractivity contribution in [3.05, 3.63) is 71.8 Å². The third kappa shape index (κ3) is 3.90. The van der Waals surface area contributed by atoms with Crippen molar-refractivity contribution in [1.29, 1.82) is 0 Å². The first-order valence-corrected chi connectivity index (χ1v) is 14.3. The minimum atomic E-state index is -0.143. The summed E-state index contributed by atoms with van der Waals surface area (Å²) in [6.07, 6.45) is 5.91. The smallest absolute Gasteiger partial charge is 0.224 e. The minimum Gasteiger partial charge on any atom is -0.345 e. The molecule has 0 saturated heterocycles. The van der Waals surface area contributed by atoms with E-state index in [0.717, 1.165) is 49.8 Å². The van der Waals surface area contributed by atoms with Crippen LogP contribution in [0.25, 0.3) is 0 Å². The zero-order chi connectivity index (χ0) is 25.8. The van der Waals surface area contributed by atoms with Gasteiger partial charge in [0.05, 0.1) is 12.0 Å². The fourth-order valence-corrected chi connectivity index (χ4v) is 8.93. The molecule has 1 heterocycles. The number of hydrogen-bond acceptors (Lipinski definition) is 3. The summed E-state index contributed by atoms with van der Waals surface area (Å²) in [4.78, 5) is 31.6. The molecule has 0 aromatic heterocycles. The van der Waals surface area contributed by atoms with Gasteiger partial charge in [-0.15, -0.1) is 0 Å². The normalized spacial score (nSPS) is 36.8. The van der Waals surface area contributed by atoms with E-state index >= 15 is 0 Å². The maximum Gasteiger partial charge on any atom is 0.224 e. The lowest BCUT2D eigenvalue weighted by molar-refractivity contribution is -0.132. The third-order valence-corrected chi connectivity index (χ3v) is 11.0. The van der Waals surface area contributed by atoms with Crippen molar-refractivity contribution < 1.29 is 9.59 Å². The number of carbonyl (C=O) groups excluding carboxylic acids is 2. The number of fused-ring (bicyclic) bond motifs is 5. The number of nitrogens with zero attached hydrogens (tertiary/aromatic N) is 1. The third-order valence-electron chi connectivity index (χ3n) is 11.0. The lowest BCUT2D eigenvalue weighted by Gasteiger charge is -2.57. The molecule has 0 bridgehead atoms. The zero-order valence-electron chi connectivity index (χ0n) is 22.5. The highest BCUT2D eigenvalue weighted by Crippen LogP contribution is 2.64. The van der Waals surface area contributed by atoms with Crippen LogP contribution in [-0.4, -0.2) is 23.9 Å². The van der Waals surface area contributed by atoms with E-state index in [0.29, 0.717) is 30.0 Å². The molecule has 4 unspecified atom stereocenters. The Hall–Kier alpha value is -2.75. The topological polar surface area (TPSA) is 58.5 Å². The Labute approximate surface area is 221 Å². The summed E-state index contributed by atoms with van der Waals surface area (Å²) in [5.41, 5.74) is 3.46. The molecule has 37 heavy (non-hydrogen) atoms. The standard InChI is InChI=1S/C33H40N2O2/c1-21-28(36)17-19-33(3)26-16-18-32(2)25(24(26)20-34-30(21)33)14-15-27(32)31(37)35-29(22-10-6-4-7-11-22)23-12-8-5-9-13-23/h4-13,21,24-27,29H,14-20H2,1-3H3,(H,35,37)/t21?,24?,25?,26?,27-,32+,33-/m1/s1. The summed E-state index contributed by atoms with van der Waals surface area (Å²) < 4.78 is 0. The van der Waals surface area contributed by atoms with Gasteiger partial charge in [-0.2, -0.15) is 0 Å². The largest absolute Gasteiger partial charge is 0.345 e. The molecule has 2 aromatic carbocycles. The van der Waals surface area contributed by atoms with Gasteiger partial charge in [0, 0.05) is 30.0 Å². The highest BCUT2D eigenvalue weighted by molar-refractivity contribution is 6.10. The molecule has 4 aliphatic rings. The number of Topliss-reactive ketones (excluding diaryl/α,β-unsaturated/α-hetero) is 1. The summed E-state index contributed by atoms with van der Waals surface area (Å²) in [5, 5.41) is 3.48. The molecule has 4 heteroatoms. The molecule has 0 spiro atoms. The van der Waals surface area contributed by atoms with E-state index in [2.05, 4.69) is 50.4 Å². The molecule has 194 valence electrons. The van der Waals surface area contributed by atoms with Gasteiger partial charge in [0.2, 0.25) is 5.91 Å². The van der Waals surface area contributed by atoms with E-state index in [9.17, 15) is 9.59 Å². The van der Waals surface area contributed by atoms with E-state index < -0.39 is 0 Å². The average molecular weight is 497 g/mol. The van der Waals surface area contributed by atoms with Crippen molar-refractivity contribution in [2.24, 2.45) is 45.4 Å². The SMILES string of the molecule is CC1C(=O)CC[C@@]2(C)C1=NCC1C2CC[C@@]2(C)C1CC[C@@H]2C(=O)NC(c1ccccc1)c1ccccc1. The number of benzene rings is 2. The quantitative estimate of drug-likeness (QED) is 0.532. The second-order valence-electron chi connectivity index (χ2n) is 12.6. The number of ketones is 1. The highest BCUT2D eigenvalue weighted by atomic mass is 16.2. The Kier molecular flexibility index (Phi) is 6.12. The van der Waals surface area contributed by atoms with Gasteiger partial charge in [0.25, 0.3) is 0 Å². The molecular weight excluding hydrogens is 456 g/mol. The summed E-state index contributed by atoms with van der Waals surface area (Å²) >= 11 is 0. The Bertz CT molecular complexity index is 1170. The molecular formula is C33H40N2O2. The number of nitrogens with one attached hydrogen (secondary N) is 1. The molecule has 1 amide bonds. The van der Waals surface area contributed by atoms with Crippen LogP contribution in [0.15, 0.2) is 65.7 Å². The van der Waals surface area contributed by atoms with Gasteiger partial charge in [0.1, 0.15) is 5.78 Å². The predicted octanol–water partition coefficient (Wildman–Crippen LogP) is 6.41. The Morgan fingerprint density at radius 3 is 2.22 bits per heavy atom. The van der Waals surface area contributed by atoms with Crippen LogP contribution in [-0.2, 0) is 9.59 Å². The highest BCUT2D eigenvalue weighted by Gasteiger charge is 2.61. The second kappa shape index (κ2) is 9.22. The molecule has 0 radical (unpaired) electrons. The van der Waals surface area contributed by atoms with Crippen molar-refractivity contribution in [3.63, 3.8) is 0 Å². The van der Waals surface area contributed by atoms with E-state index in [-0.39, 0.29) is 34.6 Å². The number of hydrogen-bond donors (Lipinski definition) is 1. The molecule has 2 aromatic rings. The second-order valence-corrected chi connectivity index (χ2v) is 12.6. The van der Waals surface area contributed by atoms with E-state index in [4.69, 9.17) is 4.99 Å². The van der Waals surface area contributed by atoms with Crippen molar-refractivity contribution in [1.82, 2.24) is 5.32 Å². The molecule has 1 aliphatic heterocycles. The van der Waals surface area contributed by atoms with Crippen molar-refractivity contribution >= 4 is 17.4 Å². The van der Waals surface area contributed by atoms with Crippen LogP contribution in [0, 0.1) is 40.4 Å². The molecule has 3 fully saturated rings. The first-order chi connectivity index (χ1) is 17.8. The molecule has 7 atom stereocenters. The molecule has 6 rings (SSSR count). The minimum absolute atomic E-state index is 0.00264. The van der Waals surface area contributed by atoms with Gasteiger partial charge in [-0.1, -0.05) is 81.4 Å². The van der Waals surface area contributed by atoms with Gasteiger partial charge in [-0.05, 0) is 66.4 Å². The number of aliphatic imine (C=N–C) groups is 1. The maximum absolute atomic E-state index is 14.0. The summed E-state index contributed by atoms with van der Waals surface area (Å²) in [6.45, 7) is 7.67. The van der Waals surface area contributed by atoms with Gasteiger partial charge in [-0.3, -0.25) is 14.6 Å². The first-order valence-electron chi connectivity index (χ1n) is 14.3. The fourth-order valence-electron chi connectivity index (χ4n) is 8.93. The van der Waals surface area contributed by atoms with Gasteiger partial charge in [0.15, 0.2) is 0 Å². The Balaban J connectivity index is 1.25. The number of rotatable bonds is 4. The van der Waals surface area contributed by atoms with Crippen molar-refractivity contribution in [2.75, 3.05) is 6.54 Å². The van der Waals surface area contributed by atoms with E-state index in [1.54, 1.807) is 0 Å².